The first-order valence-electron chi connectivity index (χ1n) is 5.87. The highest BCUT2D eigenvalue weighted by atomic mass is 16.4. The van der Waals surface area contributed by atoms with E-state index >= 15 is 0 Å². The van der Waals surface area contributed by atoms with Crippen LogP contribution in [-0.4, -0.2) is 40.3 Å². The van der Waals surface area contributed by atoms with E-state index < -0.39 is 12.0 Å². The van der Waals surface area contributed by atoms with Crippen LogP contribution in [0.1, 0.15) is 17.5 Å². The lowest BCUT2D eigenvalue weighted by Crippen LogP contribution is -2.46. The third-order valence-corrected chi connectivity index (χ3v) is 3.23. The second-order valence-electron chi connectivity index (χ2n) is 4.37. The molecule has 0 fully saturated rings. The zero-order valence-electron chi connectivity index (χ0n) is 9.67. The first-order valence-corrected chi connectivity index (χ1v) is 5.87. The molecule has 4 nitrogen and oxygen atoms in total. The van der Waals surface area contributed by atoms with Crippen molar-refractivity contribution in [1.82, 2.24) is 4.90 Å². The van der Waals surface area contributed by atoms with Crippen molar-refractivity contribution in [2.45, 2.75) is 25.4 Å². The number of aliphatic carboxylic acids is 1. The molecule has 0 unspecified atom stereocenters. The zero-order valence-corrected chi connectivity index (χ0v) is 9.67. The minimum Gasteiger partial charge on any atom is -0.480 e. The van der Waals surface area contributed by atoms with Crippen molar-refractivity contribution >= 4 is 5.97 Å². The zero-order chi connectivity index (χ0) is 12.3. The van der Waals surface area contributed by atoms with E-state index in [1.807, 2.05) is 29.2 Å². The maximum Gasteiger partial charge on any atom is 0.321 e. The van der Waals surface area contributed by atoms with Gasteiger partial charge >= 0.3 is 5.97 Å². The maximum absolute atomic E-state index is 11.2. The van der Waals surface area contributed by atoms with Crippen LogP contribution in [0.15, 0.2) is 24.3 Å². The van der Waals surface area contributed by atoms with E-state index in [0.717, 1.165) is 5.56 Å². The maximum atomic E-state index is 11.2. The molecule has 0 saturated heterocycles. The van der Waals surface area contributed by atoms with Gasteiger partial charge in [0.2, 0.25) is 0 Å². The molecule has 2 rings (SSSR count). The summed E-state index contributed by atoms with van der Waals surface area (Å²) in [5.74, 6) is -0.780. The second kappa shape index (κ2) is 5.29. The molecule has 1 aliphatic rings. The van der Waals surface area contributed by atoms with Crippen molar-refractivity contribution in [2.24, 2.45) is 0 Å². The Morgan fingerprint density at radius 2 is 2.06 bits per heavy atom. The lowest BCUT2D eigenvalue weighted by atomic mass is 9.94. The Kier molecular flexibility index (Phi) is 3.76. The third-order valence-electron chi connectivity index (χ3n) is 3.23. The number of rotatable bonds is 4. The number of carbonyl (C=O) groups is 1. The first kappa shape index (κ1) is 12.1. The van der Waals surface area contributed by atoms with Crippen molar-refractivity contribution in [2.75, 3.05) is 13.2 Å². The highest BCUT2D eigenvalue weighted by Crippen LogP contribution is 2.23. The topological polar surface area (TPSA) is 60.8 Å². The van der Waals surface area contributed by atoms with E-state index in [0.29, 0.717) is 25.9 Å². The Labute approximate surface area is 100 Å². The van der Waals surface area contributed by atoms with E-state index in [1.54, 1.807) is 0 Å². The average molecular weight is 235 g/mol. The van der Waals surface area contributed by atoms with Crippen LogP contribution in [0.2, 0.25) is 0 Å². The van der Waals surface area contributed by atoms with Crippen LogP contribution in [-0.2, 0) is 17.8 Å². The molecule has 1 aromatic rings. The molecule has 0 amide bonds. The average Bonchev–Trinajstić information content (AvgIpc) is 2.35. The lowest BCUT2D eigenvalue weighted by Gasteiger charge is -2.34. The standard InChI is InChI=1S/C13H17NO3/c15-7-3-6-14-9-11-5-2-1-4-10(11)8-12(14)13(16)17/h1-2,4-5,12,15H,3,6-9H2,(H,16,17)/t12-/m0/s1. The quantitative estimate of drug-likeness (QED) is 0.813. The predicted octanol–water partition coefficient (Wildman–Crippen LogP) is 0.880. The molecule has 0 bridgehead atoms. The van der Waals surface area contributed by atoms with Crippen molar-refractivity contribution in [3.8, 4) is 0 Å². The van der Waals surface area contributed by atoms with Crippen LogP contribution in [0.4, 0.5) is 0 Å². The monoisotopic (exact) mass is 235 g/mol. The van der Waals surface area contributed by atoms with Crippen LogP contribution < -0.4 is 0 Å². The lowest BCUT2D eigenvalue weighted by molar-refractivity contribution is -0.144. The van der Waals surface area contributed by atoms with Gasteiger partial charge < -0.3 is 10.2 Å². The van der Waals surface area contributed by atoms with Gasteiger partial charge in [-0.05, 0) is 24.0 Å². The molecule has 0 radical (unpaired) electrons. The number of hydrogen-bond acceptors (Lipinski definition) is 3. The number of hydrogen-bond donors (Lipinski definition) is 2. The Hall–Kier alpha value is -1.39. The van der Waals surface area contributed by atoms with Crippen molar-refractivity contribution in [3.63, 3.8) is 0 Å². The second-order valence-corrected chi connectivity index (χ2v) is 4.37. The SMILES string of the molecule is O=C(O)[C@@H]1Cc2ccccc2CN1CCCO. The highest BCUT2D eigenvalue weighted by molar-refractivity contribution is 5.74. The molecular formula is C13H17NO3. The Balaban J connectivity index is 2.18. The summed E-state index contributed by atoms with van der Waals surface area (Å²) in [6, 6.07) is 7.50. The fraction of sp³-hybridized carbons (Fsp3) is 0.462. The van der Waals surface area contributed by atoms with Gasteiger partial charge in [0.25, 0.3) is 0 Å². The van der Waals surface area contributed by atoms with Crippen molar-refractivity contribution in [3.05, 3.63) is 35.4 Å². The summed E-state index contributed by atoms with van der Waals surface area (Å²) in [5.41, 5.74) is 2.32. The molecule has 2 N–H and O–H groups in total. The summed E-state index contributed by atoms with van der Waals surface area (Å²) in [5, 5.41) is 18.1. The van der Waals surface area contributed by atoms with Crippen LogP contribution in [0.25, 0.3) is 0 Å². The first-order chi connectivity index (χ1) is 8.22. The van der Waals surface area contributed by atoms with Gasteiger partial charge in [-0.1, -0.05) is 24.3 Å². The van der Waals surface area contributed by atoms with Crippen LogP contribution >= 0.6 is 0 Å². The fourth-order valence-corrected chi connectivity index (χ4v) is 2.33. The molecule has 0 aliphatic carbocycles. The molecular weight excluding hydrogens is 218 g/mol. The van der Waals surface area contributed by atoms with Gasteiger partial charge in [0.15, 0.2) is 0 Å². The van der Waals surface area contributed by atoms with Crippen molar-refractivity contribution < 1.29 is 15.0 Å². The summed E-state index contributed by atoms with van der Waals surface area (Å²) >= 11 is 0. The summed E-state index contributed by atoms with van der Waals surface area (Å²) in [4.78, 5) is 13.2. The summed E-state index contributed by atoms with van der Waals surface area (Å²) in [7, 11) is 0. The molecule has 17 heavy (non-hydrogen) atoms. The van der Waals surface area contributed by atoms with E-state index in [1.165, 1.54) is 5.56 Å². The normalized spacial score (nSPS) is 19.9. The summed E-state index contributed by atoms with van der Waals surface area (Å²) in [6.45, 7) is 1.39. The van der Waals surface area contributed by atoms with E-state index in [4.69, 9.17) is 5.11 Å². The highest BCUT2D eigenvalue weighted by Gasteiger charge is 2.30. The van der Waals surface area contributed by atoms with Crippen LogP contribution in [0.3, 0.4) is 0 Å². The van der Waals surface area contributed by atoms with E-state index in [-0.39, 0.29) is 6.61 Å². The van der Waals surface area contributed by atoms with Crippen LogP contribution in [0, 0.1) is 0 Å². The largest absolute Gasteiger partial charge is 0.480 e. The molecule has 0 aromatic heterocycles. The number of aliphatic hydroxyl groups is 1. The Morgan fingerprint density at radius 1 is 1.35 bits per heavy atom. The minimum atomic E-state index is -0.780. The minimum absolute atomic E-state index is 0.102. The van der Waals surface area contributed by atoms with Gasteiger partial charge in [-0.15, -0.1) is 0 Å². The molecule has 1 atom stereocenters. The fourth-order valence-electron chi connectivity index (χ4n) is 2.33. The van der Waals surface area contributed by atoms with Gasteiger partial charge in [0, 0.05) is 19.7 Å². The number of aliphatic hydroxyl groups excluding tert-OH is 1. The number of nitrogens with zero attached hydrogens (tertiary/aromatic N) is 1. The number of carboxylic acid groups (broad SMARTS) is 1. The smallest absolute Gasteiger partial charge is 0.321 e. The molecule has 1 heterocycles. The van der Waals surface area contributed by atoms with Gasteiger partial charge in [-0.3, -0.25) is 9.69 Å². The Bertz CT molecular complexity index is 405. The van der Waals surface area contributed by atoms with Gasteiger partial charge in [-0.25, -0.2) is 0 Å². The summed E-state index contributed by atoms with van der Waals surface area (Å²) < 4.78 is 0. The Morgan fingerprint density at radius 3 is 2.71 bits per heavy atom. The van der Waals surface area contributed by atoms with Crippen LogP contribution in [0.5, 0.6) is 0 Å². The van der Waals surface area contributed by atoms with E-state index in [2.05, 4.69) is 0 Å². The predicted molar refractivity (Wildman–Crippen MR) is 63.7 cm³/mol. The number of carboxylic acids is 1. The van der Waals surface area contributed by atoms with Crippen molar-refractivity contribution in [1.29, 1.82) is 0 Å². The van der Waals surface area contributed by atoms with E-state index in [9.17, 15) is 9.90 Å². The molecule has 0 saturated carbocycles. The molecule has 92 valence electrons. The summed E-state index contributed by atoms with van der Waals surface area (Å²) in [6.07, 6.45) is 1.17. The van der Waals surface area contributed by atoms with Gasteiger partial charge in [-0.2, -0.15) is 0 Å². The van der Waals surface area contributed by atoms with Gasteiger partial charge in [0.1, 0.15) is 6.04 Å². The molecule has 4 heteroatoms. The van der Waals surface area contributed by atoms with Gasteiger partial charge in [0.05, 0.1) is 0 Å². The molecule has 1 aromatic carbocycles. The number of benzene rings is 1. The third kappa shape index (κ3) is 2.65. The molecule has 0 spiro atoms. The number of fused-ring (bicyclic) bond motifs is 1. The molecule has 1 aliphatic heterocycles.